The standard InChI is InChI=1S/C22H23N5S2/c1-15-12-16(2)27(25-15)19-7-5-17(6-8-19)14-29-22-24-23-21(26(22)18-9-10-18)13-20-4-3-11-28-20/h3-8,11-12,18H,9-10,13-14H2,1-2H3. The Morgan fingerprint density at radius 1 is 1.10 bits per heavy atom. The third-order valence-corrected chi connectivity index (χ3v) is 7.01. The summed E-state index contributed by atoms with van der Waals surface area (Å²) in [4.78, 5) is 1.34. The van der Waals surface area contributed by atoms with Crippen molar-refractivity contribution in [3.05, 3.63) is 75.5 Å². The maximum Gasteiger partial charge on any atom is 0.191 e. The third-order valence-electron chi connectivity index (χ3n) is 5.12. The first-order valence-electron chi connectivity index (χ1n) is 9.89. The van der Waals surface area contributed by atoms with Crippen LogP contribution >= 0.6 is 23.1 Å². The average Bonchev–Trinajstić information content (AvgIpc) is 3.10. The topological polar surface area (TPSA) is 48.5 Å². The molecule has 3 aromatic heterocycles. The summed E-state index contributed by atoms with van der Waals surface area (Å²) >= 11 is 3.57. The Labute approximate surface area is 178 Å². The van der Waals surface area contributed by atoms with Gasteiger partial charge in [0.2, 0.25) is 0 Å². The molecule has 1 aliphatic rings. The lowest BCUT2D eigenvalue weighted by Gasteiger charge is -2.09. The molecule has 1 fully saturated rings. The molecule has 148 valence electrons. The Balaban J connectivity index is 1.30. The molecule has 0 spiro atoms. The van der Waals surface area contributed by atoms with E-state index in [4.69, 9.17) is 0 Å². The highest BCUT2D eigenvalue weighted by atomic mass is 32.2. The molecule has 0 unspecified atom stereocenters. The number of nitrogens with zero attached hydrogens (tertiary/aromatic N) is 5. The lowest BCUT2D eigenvalue weighted by atomic mass is 10.2. The summed E-state index contributed by atoms with van der Waals surface area (Å²) in [5, 5.41) is 16.8. The van der Waals surface area contributed by atoms with Crippen LogP contribution in [0.4, 0.5) is 0 Å². The molecule has 0 amide bonds. The van der Waals surface area contributed by atoms with Crippen LogP contribution < -0.4 is 0 Å². The second-order valence-electron chi connectivity index (χ2n) is 7.55. The van der Waals surface area contributed by atoms with Crippen molar-refractivity contribution in [3.63, 3.8) is 0 Å². The number of aryl methyl sites for hydroxylation is 2. The average molecular weight is 422 g/mol. The van der Waals surface area contributed by atoms with E-state index in [1.165, 1.54) is 23.3 Å². The van der Waals surface area contributed by atoms with Gasteiger partial charge in [-0.1, -0.05) is 30.0 Å². The molecule has 0 atom stereocenters. The SMILES string of the molecule is Cc1cc(C)n(-c2ccc(CSc3nnc(Cc4cccs4)n3C3CC3)cc2)n1. The zero-order chi connectivity index (χ0) is 19.8. The van der Waals surface area contributed by atoms with E-state index in [-0.39, 0.29) is 0 Å². The Morgan fingerprint density at radius 3 is 2.59 bits per heavy atom. The number of thioether (sulfide) groups is 1. The first-order valence-corrected chi connectivity index (χ1v) is 11.8. The zero-order valence-electron chi connectivity index (χ0n) is 16.6. The fourth-order valence-corrected chi connectivity index (χ4v) is 5.25. The predicted octanol–water partition coefficient (Wildman–Crippen LogP) is 5.36. The Kier molecular flexibility index (Phi) is 5.01. The van der Waals surface area contributed by atoms with Crippen LogP contribution in [0.15, 0.2) is 53.0 Å². The van der Waals surface area contributed by atoms with E-state index in [0.717, 1.165) is 40.2 Å². The molecule has 1 saturated carbocycles. The number of aromatic nitrogens is 5. The van der Waals surface area contributed by atoms with Gasteiger partial charge in [0, 0.05) is 28.8 Å². The minimum Gasteiger partial charge on any atom is -0.303 e. The molecule has 5 nitrogen and oxygen atoms in total. The second kappa shape index (κ2) is 7.80. The monoisotopic (exact) mass is 421 g/mol. The fourth-order valence-electron chi connectivity index (χ4n) is 3.57. The van der Waals surface area contributed by atoms with E-state index < -0.39 is 0 Å². The minimum atomic E-state index is 0.580. The molecule has 3 heterocycles. The van der Waals surface area contributed by atoms with Gasteiger partial charge in [-0.25, -0.2) is 4.68 Å². The third kappa shape index (κ3) is 4.02. The second-order valence-corrected chi connectivity index (χ2v) is 9.52. The van der Waals surface area contributed by atoms with Crippen LogP contribution in [-0.4, -0.2) is 24.5 Å². The highest BCUT2D eigenvalue weighted by Gasteiger charge is 2.29. The predicted molar refractivity (Wildman–Crippen MR) is 118 cm³/mol. The molecule has 1 aliphatic carbocycles. The van der Waals surface area contributed by atoms with Gasteiger partial charge < -0.3 is 4.57 Å². The van der Waals surface area contributed by atoms with Crippen molar-refractivity contribution in [2.24, 2.45) is 0 Å². The van der Waals surface area contributed by atoms with Gasteiger partial charge in [0.25, 0.3) is 0 Å². The van der Waals surface area contributed by atoms with Crippen LogP contribution in [-0.2, 0) is 12.2 Å². The highest BCUT2D eigenvalue weighted by Crippen LogP contribution is 2.39. The molecule has 0 N–H and O–H groups in total. The molecular weight excluding hydrogens is 398 g/mol. The van der Waals surface area contributed by atoms with Crippen molar-refractivity contribution in [1.82, 2.24) is 24.5 Å². The molecule has 0 aliphatic heterocycles. The van der Waals surface area contributed by atoms with Gasteiger partial charge in [0.15, 0.2) is 5.16 Å². The van der Waals surface area contributed by atoms with E-state index in [1.807, 2.05) is 11.6 Å². The van der Waals surface area contributed by atoms with Crippen molar-refractivity contribution in [1.29, 1.82) is 0 Å². The summed E-state index contributed by atoms with van der Waals surface area (Å²) in [6, 6.07) is 15.6. The van der Waals surface area contributed by atoms with Gasteiger partial charge in [-0.15, -0.1) is 21.5 Å². The van der Waals surface area contributed by atoms with E-state index in [2.05, 4.69) is 74.6 Å². The summed E-state index contributed by atoms with van der Waals surface area (Å²) < 4.78 is 4.36. The lowest BCUT2D eigenvalue weighted by molar-refractivity contribution is 0.635. The van der Waals surface area contributed by atoms with E-state index in [0.29, 0.717) is 6.04 Å². The molecule has 4 aromatic rings. The molecular formula is C22H23N5S2. The van der Waals surface area contributed by atoms with E-state index >= 15 is 0 Å². The van der Waals surface area contributed by atoms with Gasteiger partial charge in [0.1, 0.15) is 5.82 Å². The maximum absolute atomic E-state index is 4.57. The van der Waals surface area contributed by atoms with Crippen molar-refractivity contribution in [2.45, 2.75) is 50.1 Å². The Morgan fingerprint density at radius 2 is 1.93 bits per heavy atom. The zero-order valence-corrected chi connectivity index (χ0v) is 18.2. The van der Waals surface area contributed by atoms with E-state index in [9.17, 15) is 0 Å². The molecule has 0 saturated heterocycles. The largest absolute Gasteiger partial charge is 0.303 e. The normalized spacial score (nSPS) is 13.9. The molecule has 0 bridgehead atoms. The van der Waals surface area contributed by atoms with Crippen molar-refractivity contribution in [3.8, 4) is 5.69 Å². The van der Waals surface area contributed by atoms with Crippen molar-refractivity contribution >= 4 is 23.1 Å². The van der Waals surface area contributed by atoms with Gasteiger partial charge >= 0.3 is 0 Å². The van der Waals surface area contributed by atoms with Crippen molar-refractivity contribution < 1.29 is 0 Å². The minimum absolute atomic E-state index is 0.580. The lowest BCUT2D eigenvalue weighted by Crippen LogP contribution is -2.03. The van der Waals surface area contributed by atoms with Gasteiger partial charge in [-0.05, 0) is 61.9 Å². The first-order chi connectivity index (χ1) is 14.2. The first kappa shape index (κ1) is 18.6. The maximum atomic E-state index is 4.57. The summed E-state index contributed by atoms with van der Waals surface area (Å²) in [5.74, 6) is 1.98. The number of rotatable bonds is 7. The van der Waals surface area contributed by atoms with Gasteiger partial charge in [-0.2, -0.15) is 5.10 Å². The molecule has 1 aromatic carbocycles. The smallest absolute Gasteiger partial charge is 0.191 e. The molecule has 0 radical (unpaired) electrons. The summed E-state index contributed by atoms with van der Waals surface area (Å²) in [5.41, 5.74) is 4.58. The number of benzene rings is 1. The van der Waals surface area contributed by atoms with Crippen LogP contribution in [0.25, 0.3) is 5.69 Å². The number of thiophene rings is 1. The van der Waals surface area contributed by atoms with Crippen molar-refractivity contribution in [2.75, 3.05) is 0 Å². The molecule has 7 heteroatoms. The molecule has 5 rings (SSSR count). The van der Waals surface area contributed by atoms with Crippen LogP contribution in [0.5, 0.6) is 0 Å². The number of hydrogen-bond acceptors (Lipinski definition) is 5. The quantitative estimate of drug-likeness (QED) is 0.377. The fraction of sp³-hybridized carbons (Fsp3) is 0.318. The summed E-state index contributed by atoms with van der Waals surface area (Å²) in [7, 11) is 0. The van der Waals surface area contributed by atoms with Crippen LogP contribution in [0.2, 0.25) is 0 Å². The van der Waals surface area contributed by atoms with Crippen LogP contribution in [0.3, 0.4) is 0 Å². The molecule has 29 heavy (non-hydrogen) atoms. The van der Waals surface area contributed by atoms with E-state index in [1.54, 1.807) is 23.1 Å². The highest BCUT2D eigenvalue weighted by molar-refractivity contribution is 7.98. The Bertz CT molecular complexity index is 1110. The van der Waals surface area contributed by atoms with Gasteiger partial charge in [-0.3, -0.25) is 0 Å². The van der Waals surface area contributed by atoms with Crippen LogP contribution in [0.1, 0.15) is 46.5 Å². The van der Waals surface area contributed by atoms with Gasteiger partial charge in [0.05, 0.1) is 11.4 Å². The summed E-state index contributed by atoms with van der Waals surface area (Å²) in [6.45, 7) is 4.11. The summed E-state index contributed by atoms with van der Waals surface area (Å²) in [6.07, 6.45) is 3.35. The Hall–Kier alpha value is -2.38. The number of hydrogen-bond donors (Lipinski definition) is 0. The van der Waals surface area contributed by atoms with Crippen LogP contribution in [0, 0.1) is 13.8 Å².